The van der Waals surface area contributed by atoms with Crippen molar-refractivity contribution in [2.45, 2.75) is 19.3 Å². The van der Waals surface area contributed by atoms with Crippen LogP contribution in [0.4, 0.5) is 0 Å². The molecule has 0 aliphatic carbocycles. The van der Waals surface area contributed by atoms with Gasteiger partial charge in [0.2, 0.25) is 0 Å². The summed E-state index contributed by atoms with van der Waals surface area (Å²) >= 11 is 5.86. The second-order valence-corrected chi connectivity index (χ2v) is 4.89. The molecule has 0 radical (unpaired) electrons. The number of carboxylic acids is 1. The molecule has 0 saturated heterocycles. The van der Waals surface area contributed by atoms with Crippen LogP contribution in [0.25, 0.3) is 0 Å². The minimum Gasteiger partial charge on any atom is -0.481 e. The van der Waals surface area contributed by atoms with Gasteiger partial charge in [0.05, 0.1) is 12.0 Å². The molecule has 1 atom stereocenters. The molecule has 0 spiro atoms. The lowest BCUT2D eigenvalue weighted by Crippen LogP contribution is -2.20. The van der Waals surface area contributed by atoms with Crippen LogP contribution in [0.15, 0.2) is 35.4 Å². The van der Waals surface area contributed by atoms with Crippen LogP contribution >= 0.6 is 11.6 Å². The molecule has 0 amide bonds. The Bertz CT molecular complexity index is 697. The van der Waals surface area contributed by atoms with Gasteiger partial charge in [0.25, 0.3) is 5.56 Å². The molecular formula is C14H13ClN2O3. The van der Waals surface area contributed by atoms with Crippen LogP contribution in [0, 0.1) is 6.92 Å². The molecule has 0 saturated carbocycles. The van der Waals surface area contributed by atoms with Crippen molar-refractivity contribution >= 4 is 17.6 Å². The van der Waals surface area contributed by atoms with E-state index < -0.39 is 17.4 Å². The number of aliphatic carboxylic acids is 1. The number of nitrogens with one attached hydrogen (secondary N) is 1. The fraction of sp³-hybridized carbons (Fsp3) is 0.214. The first-order valence-corrected chi connectivity index (χ1v) is 6.38. The van der Waals surface area contributed by atoms with Crippen molar-refractivity contribution in [1.29, 1.82) is 0 Å². The van der Waals surface area contributed by atoms with Gasteiger partial charge in [-0.3, -0.25) is 9.59 Å². The minimum atomic E-state index is -1.06. The summed E-state index contributed by atoms with van der Waals surface area (Å²) in [7, 11) is 0. The Hall–Kier alpha value is -2.14. The molecule has 2 N–H and O–H groups in total. The summed E-state index contributed by atoms with van der Waals surface area (Å²) in [4.78, 5) is 29.1. The maximum absolute atomic E-state index is 11.5. The van der Waals surface area contributed by atoms with E-state index in [1.54, 1.807) is 0 Å². The number of benzene rings is 1. The lowest BCUT2D eigenvalue weighted by atomic mass is 9.95. The molecule has 1 aromatic heterocycles. The number of carbonyl (C=O) groups is 1. The van der Waals surface area contributed by atoms with Crippen LogP contribution < -0.4 is 5.56 Å². The number of nitrogens with zero attached hydrogens (tertiary/aromatic N) is 1. The van der Waals surface area contributed by atoms with E-state index in [0.717, 1.165) is 17.5 Å². The van der Waals surface area contributed by atoms with Gasteiger partial charge in [-0.15, -0.1) is 0 Å². The van der Waals surface area contributed by atoms with Crippen molar-refractivity contribution in [3.8, 4) is 0 Å². The highest BCUT2D eigenvalue weighted by Crippen LogP contribution is 2.24. The summed E-state index contributed by atoms with van der Waals surface area (Å²) in [6.07, 6.45) is 1.39. The van der Waals surface area contributed by atoms with E-state index in [2.05, 4.69) is 9.97 Å². The van der Waals surface area contributed by atoms with Gasteiger partial charge in [0.15, 0.2) is 0 Å². The van der Waals surface area contributed by atoms with E-state index in [9.17, 15) is 14.7 Å². The van der Waals surface area contributed by atoms with E-state index >= 15 is 0 Å². The molecule has 0 aliphatic heterocycles. The number of aromatic nitrogens is 2. The highest BCUT2D eigenvalue weighted by molar-refractivity contribution is 6.31. The molecule has 2 rings (SSSR count). The largest absolute Gasteiger partial charge is 0.481 e. The quantitative estimate of drug-likeness (QED) is 0.904. The van der Waals surface area contributed by atoms with Gasteiger partial charge in [-0.05, 0) is 18.9 Å². The van der Waals surface area contributed by atoms with Gasteiger partial charge in [-0.1, -0.05) is 41.4 Å². The molecule has 1 aromatic carbocycles. The molecule has 0 fully saturated rings. The molecule has 0 aliphatic rings. The van der Waals surface area contributed by atoms with Crippen molar-refractivity contribution in [3.05, 3.63) is 62.8 Å². The van der Waals surface area contributed by atoms with Gasteiger partial charge in [0.1, 0.15) is 10.9 Å². The average Bonchev–Trinajstić information content (AvgIpc) is 2.39. The Morgan fingerprint density at radius 2 is 2.25 bits per heavy atom. The first-order valence-electron chi connectivity index (χ1n) is 6.00. The molecule has 5 nitrogen and oxygen atoms in total. The zero-order chi connectivity index (χ0) is 14.7. The van der Waals surface area contributed by atoms with Crippen molar-refractivity contribution in [2.24, 2.45) is 0 Å². The molecule has 20 heavy (non-hydrogen) atoms. The molecule has 6 heteroatoms. The monoisotopic (exact) mass is 292 g/mol. The van der Waals surface area contributed by atoms with E-state index in [0.29, 0.717) is 0 Å². The Kier molecular flexibility index (Phi) is 4.20. The van der Waals surface area contributed by atoms with Crippen molar-refractivity contribution in [1.82, 2.24) is 9.97 Å². The number of hydrogen-bond donors (Lipinski definition) is 2. The van der Waals surface area contributed by atoms with Crippen LogP contribution in [0.2, 0.25) is 5.02 Å². The molecule has 2 aromatic rings. The third kappa shape index (κ3) is 3.05. The summed E-state index contributed by atoms with van der Waals surface area (Å²) < 4.78 is 0. The fourth-order valence-electron chi connectivity index (χ4n) is 2.02. The van der Waals surface area contributed by atoms with Gasteiger partial charge < -0.3 is 10.1 Å². The maximum Gasteiger partial charge on any atom is 0.312 e. The Morgan fingerprint density at radius 3 is 2.90 bits per heavy atom. The van der Waals surface area contributed by atoms with Gasteiger partial charge in [-0.2, -0.15) is 0 Å². The predicted molar refractivity (Wildman–Crippen MR) is 75.1 cm³/mol. The summed E-state index contributed by atoms with van der Waals surface area (Å²) in [5, 5.41) is 9.19. The zero-order valence-corrected chi connectivity index (χ0v) is 11.5. The van der Waals surface area contributed by atoms with Crippen molar-refractivity contribution in [2.75, 3.05) is 0 Å². The summed E-state index contributed by atoms with van der Waals surface area (Å²) in [5.74, 6) is -2.02. The van der Waals surface area contributed by atoms with E-state index in [1.165, 1.54) is 0 Å². The number of carboxylic acid groups (broad SMARTS) is 1. The standard InChI is InChI=1S/C14H13ClN2O3/c1-8-3-2-4-9(5-8)6-10(14(19)20)12-11(15)13(18)17-7-16-12/h2-5,7,10H,6H2,1H3,(H,19,20)(H,16,17,18). The van der Waals surface area contributed by atoms with E-state index in [-0.39, 0.29) is 17.1 Å². The highest BCUT2D eigenvalue weighted by atomic mass is 35.5. The second-order valence-electron chi connectivity index (χ2n) is 4.51. The van der Waals surface area contributed by atoms with Gasteiger partial charge >= 0.3 is 5.97 Å². The van der Waals surface area contributed by atoms with Crippen LogP contribution in [0.3, 0.4) is 0 Å². The van der Waals surface area contributed by atoms with Crippen LogP contribution in [0.1, 0.15) is 22.7 Å². The number of H-pyrrole nitrogens is 1. The fourth-order valence-corrected chi connectivity index (χ4v) is 2.25. The first-order chi connectivity index (χ1) is 9.49. The molecular weight excluding hydrogens is 280 g/mol. The predicted octanol–water partition coefficient (Wildman–Crippen LogP) is 2.14. The average molecular weight is 293 g/mol. The molecule has 104 valence electrons. The Morgan fingerprint density at radius 1 is 1.50 bits per heavy atom. The van der Waals surface area contributed by atoms with E-state index in [1.807, 2.05) is 31.2 Å². The summed E-state index contributed by atoms with van der Waals surface area (Å²) in [6, 6.07) is 7.52. The smallest absolute Gasteiger partial charge is 0.312 e. The lowest BCUT2D eigenvalue weighted by molar-refractivity contribution is -0.138. The van der Waals surface area contributed by atoms with Crippen molar-refractivity contribution < 1.29 is 9.90 Å². The molecule has 1 heterocycles. The number of rotatable bonds is 4. The zero-order valence-electron chi connectivity index (χ0n) is 10.8. The summed E-state index contributed by atoms with van der Waals surface area (Å²) in [6.45, 7) is 1.93. The van der Waals surface area contributed by atoms with E-state index in [4.69, 9.17) is 11.6 Å². The summed E-state index contributed by atoms with van der Waals surface area (Å²) in [5.41, 5.74) is 1.45. The minimum absolute atomic E-state index is 0.0874. The Labute approximate surface area is 120 Å². The third-order valence-corrected chi connectivity index (χ3v) is 3.34. The SMILES string of the molecule is Cc1cccc(CC(C(=O)O)c2nc[nH]c(=O)c2Cl)c1. The van der Waals surface area contributed by atoms with Crippen molar-refractivity contribution in [3.63, 3.8) is 0 Å². The molecule has 1 unspecified atom stereocenters. The topological polar surface area (TPSA) is 83.0 Å². The van der Waals surface area contributed by atoms with Crippen LogP contribution in [-0.4, -0.2) is 21.0 Å². The van der Waals surface area contributed by atoms with Crippen LogP contribution in [-0.2, 0) is 11.2 Å². The number of aromatic amines is 1. The van der Waals surface area contributed by atoms with Gasteiger partial charge in [0, 0.05) is 0 Å². The van der Waals surface area contributed by atoms with Gasteiger partial charge in [-0.25, -0.2) is 4.98 Å². The lowest BCUT2D eigenvalue weighted by Gasteiger charge is -2.13. The van der Waals surface area contributed by atoms with Crippen LogP contribution in [0.5, 0.6) is 0 Å². The number of halogens is 1. The second kappa shape index (κ2) is 5.88. The highest BCUT2D eigenvalue weighted by Gasteiger charge is 2.25. The first kappa shape index (κ1) is 14.3. The third-order valence-electron chi connectivity index (χ3n) is 2.97. The number of aryl methyl sites for hydroxylation is 1. The normalized spacial score (nSPS) is 12.1. The number of hydrogen-bond acceptors (Lipinski definition) is 3. The Balaban J connectivity index is 2.40. The maximum atomic E-state index is 11.5. The molecule has 0 bridgehead atoms.